The Morgan fingerprint density at radius 2 is 2.32 bits per heavy atom. The summed E-state index contributed by atoms with van der Waals surface area (Å²) in [6.07, 6.45) is 4.48. The summed E-state index contributed by atoms with van der Waals surface area (Å²) in [4.78, 5) is 17.1. The number of Topliss-reactive ketones (excluding diaryl/α,β-unsaturated/α-hetero) is 1. The Morgan fingerprint density at radius 1 is 1.58 bits per heavy atom. The van der Waals surface area contributed by atoms with Crippen molar-refractivity contribution in [2.75, 3.05) is 6.61 Å². The molecule has 1 saturated carbocycles. The summed E-state index contributed by atoms with van der Waals surface area (Å²) in [6.45, 7) is 8.54. The Labute approximate surface area is 119 Å². The van der Waals surface area contributed by atoms with Crippen LogP contribution in [0.25, 0.3) is 0 Å². The number of hydrogen-bond acceptors (Lipinski definition) is 4. The molecular weight excluding hydrogens is 258 g/mol. The van der Waals surface area contributed by atoms with Crippen LogP contribution in [-0.4, -0.2) is 17.4 Å². The van der Waals surface area contributed by atoms with Crippen molar-refractivity contribution in [3.05, 3.63) is 15.6 Å². The van der Waals surface area contributed by atoms with Crippen LogP contribution in [0, 0.1) is 12.8 Å². The second-order valence-electron chi connectivity index (χ2n) is 5.62. The number of ether oxygens (including phenoxy) is 1. The van der Waals surface area contributed by atoms with E-state index in [0.717, 1.165) is 28.4 Å². The summed E-state index contributed by atoms with van der Waals surface area (Å²) in [5.41, 5.74) is 0.597. The number of nitrogens with zero attached hydrogens (tertiary/aromatic N) is 1. The first kappa shape index (κ1) is 14.7. The maximum absolute atomic E-state index is 11.6. The van der Waals surface area contributed by atoms with E-state index in [9.17, 15) is 4.79 Å². The average Bonchev–Trinajstić information content (AvgIpc) is 2.72. The Kier molecular flexibility index (Phi) is 4.41. The molecule has 1 aliphatic rings. The predicted molar refractivity (Wildman–Crippen MR) is 77.8 cm³/mol. The molecule has 106 valence electrons. The fourth-order valence-electron chi connectivity index (χ4n) is 3.08. The third-order valence-corrected chi connectivity index (χ3v) is 5.33. The van der Waals surface area contributed by atoms with Gasteiger partial charge >= 0.3 is 0 Å². The van der Waals surface area contributed by atoms with E-state index in [1.807, 2.05) is 13.8 Å². The fourth-order valence-corrected chi connectivity index (χ4v) is 4.23. The summed E-state index contributed by atoms with van der Waals surface area (Å²) >= 11 is 1.53. The minimum atomic E-state index is -0.254. The van der Waals surface area contributed by atoms with Crippen molar-refractivity contribution in [1.82, 2.24) is 4.98 Å². The lowest BCUT2D eigenvalue weighted by Gasteiger charge is -2.38. The van der Waals surface area contributed by atoms with Gasteiger partial charge in [0.25, 0.3) is 0 Å². The average molecular weight is 281 g/mol. The van der Waals surface area contributed by atoms with Crippen LogP contribution in [0.4, 0.5) is 0 Å². The lowest BCUT2D eigenvalue weighted by Crippen LogP contribution is -2.35. The van der Waals surface area contributed by atoms with Gasteiger partial charge in [-0.1, -0.05) is 13.3 Å². The van der Waals surface area contributed by atoms with Crippen molar-refractivity contribution < 1.29 is 9.53 Å². The Balaban J connectivity index is 2.38. The van der Waals surface area contributed by atoms with Gasteiger partial charge in [0.05, 0.1) is 10.6 Å². The van der Waals surface area contributed by atoms with E-state index in [1.54, 1.807) is 6.92 Å². The standard InChI is InChI=1S/C15H23NO2S/c1-5-18-15(8-6-7-10(2)9-15)14-16-11(3)13(19-14)12(4)17/h10H,5-9H2,1-4H3. The van der Waals surface area contributed by atoms with Gasteiger partial charge in [-0.3, -0.25) is 4.79 Å². The van der Waals surface area contributed by atoms with Gasteiger partial charge in [0.2, 0.25) is 0 Å². The highest BCUT2D eigenvalue weighted by atomic mass is 32.1. The highest BCUT2D eigenvalue weighted by Crippen LogP contribution is 2.44. The SMILES string of the molecule is CCOC1(c2nc(C)c(C(C)=O)s2)CCCC(C)C1. The molecule has 1 fully saturated rings. The Hall–Kier alpha value is -0.740. The summed E-state index contributed by atoms with van der Waals surface area (Å²) < 4.78 is 6.11. The summed E-state index contributed by atoms with van der Waals surface area (Å²) in [6, 6.07) is 0. The van der Waals surface area contributed by atoms with Crippen LogP contribution in [0.1, 0.15) is 66.8 Å². The fraction of sp³-hybridized carbons (Fsp3) is 0.733. The molecule has 0 N–H and O–H groups in total. The summed E-state index contributed by atoms with van der Waals surface area (Å²) in [5, 5.41) is 1.00. The van der Waals surface area contributed by atoms with E-state index in [-0.39, 0.29) is 11.4 Å². The minimum Gasteiger partial charge on any atom is -0.368 e. The molecule has 0 amide bonds. The zero-order valence-corrected chi connectivity index (χ0v) is 13.1. The molecule has 0 spiro atoms. The van der Waals surface area contributed by atoms with Gasteiger partial charge in [-0.15, -0.1) is 11.3 Å². The topological polar surface area (TPSA) is 39.2 Å². The monoisotopic (exact) mass is 281 g/mol. The van der Waals surface area contributed by atoms with E-state index in [2.05, 4.69) is 11.9 Å². The van der Waals surface area contributed by atoms with Crippen molar-refractivity contribution in [1.29, 1.82) is 0 Å². The molecule has 3 nitrogen and oxygen atoms in total. The highest BCUT2D eigenvalue weighted by molar-refractivity contribution is 7.14. The van der Waals surface area contributed by atoms with Gasteiger partial charge in [0.1, 0.15) is 10.6 Å². The lowest BCUT2D eigenvalue weighted by molar-refractivity contribution is -0.0821. The third kappa shape index (κ3) is 2.90. The Morgan fingerprint density at radius 3 is 2.84 bits per heavy atom. The number of rotatable bonds is 4. The largest absolute Gasteiger partial charge is 0.368 e. The van der Waals surface area contributed by atoms with Crippen molar-refractivity contribution >= 4 is 17.1 Å². The molecule has 1 aliphatic carbocycles. The smallest absolute Gasteiger partial charge is 0.171 e. The molecule has 2 unspecified atom stereocenters. The summed E-state index contributed by atoms with van der Waals surface area (Å²) in [7, 11) is 0. The maximum atomic E-state index is 11.6. The number of hydrogen-bond donors (Lipinski definition) is 0. The van der Waals surface area contributed by atoms with E-state index in [4.69, 9.17) is 4.74 Å². The van der Waals surface area contributed by atoms with Crippen LogP contribution in [0.5, 0.6) is 0 Å². The molecule has 0 saturated heterocycles. The molecule has 19 heavy (non-hydrogen) atoms. The number of aromatic nitrogens is 1. The van der Waals surface area contributed by atoms with Gasteiger partial charge in [0, 0.05) is 13.5 Å². The number of aryl methyl sites for hydroxylation is 1. The van der Waals surface area contributed by atoms with Crippen molar-refractivity contribution in [2.24, 2.45) is 5.92 Å². The van der Waals surface area contributed by atoms with E-state index in [0.29, 0.717) is 12.5 Å². The minimum absolute atomic E-state index is 0.108. The first-order valence-electron chi connectivity index (χ1n) is 7.11. The van der Waals surface area contributed by atoms with Crippen LogP contribution in [0.2, 0.25) is 0 Å². The molecule has 0 bridgehead atoms. The number of carbonyl (C=O) groups excluding carboxylic acids is 1. The second kappa shape index (κ2) is 5.71. The van der Waals surface area contributed by atoms with Gasteiger partial charge in [-0.2, -0.15) is 0 Å². The van der Waals surface area contributed by atoms with Crippen molar-refractivity contribution in [2.45, 2.75) is 59.0 Å². The van der Waals surface area contributed by atoms with E-state index in [1.165, 1.54) is 24.2 Å². The Bertz CT molecular complexity index is 465. The molecule has 0 radical (unpaired) electrons. The van der Waals surface area contributed by atoms with E-state index >= 15 is 0 Å². The molecule has 1 aromatic heterocycles. The highest BCUT2D eigenvalue weighted by Gasteiger charge is 2.40. The number of carbonyl (C=O) groups is 1. The van der Waals surface area contributed by atoms with Crippen molar-refractivity contribution in [3.8, 4) is 0 Å². The lowest BCUT2D eigenvalue weighted by atomic mass is 9.79. The summed E-state index contributed by atoms with van der Waals surface area (Å²) in [5.74, 6) is 0.766. The molecule has 2 atom stereocenters. The number of ketones is 1. The quantitative estimate of drug-likeness (QED) is 0.780. The zero-order chi connectivity index (χ0) is 14.0. The van der Waals surface area contributed by atoms with Gasteiger partial charge in [0.15, 0.2) is 5.78 Å². The zero-order valence-electron chi connectivity index (χ0n) is 12.3. The first-order chi connectivity index (χ1) is 8.98. The van der Waals surface area contributed by atoms with Crippen LogP contribution < -0.4 is 0 Å². The molecule has 0 aliphatic heterocycles. The van der Waals surface area contributed by atoms with Crippen LogP contribution in [0.3, 0.4) is 0 Å². The second-order valence-corrected chi connectivity index (χ2v) is 6.62. The van der Waals surface area contributed by atoms with Gasteiger partial charge < -0.3 is 4.74 Å². The molecule has 4 heteroatoms. The molecular formula is C15H23NO2S. The van der Waals surface area contributed by atoms with Gasteiger partial charge in [-0.25, -0.2) is 4.98 Å². The van der Waals surface area contributed by atoms with Crippen LogP contribution in [0.15, 0.2) is 0 Å². The molecule has 1 aromatic rings. The van der Waals surface area contributed by atoms with Gasteiger partial charge in [-0.05, 0) is 39.0 Å². The molecule has 2 rings (SSSR count). The van der Waals surface area contributed by atoms with Crippen LogP contribution >= 0.6 is 11.3 Å². The first-order valence-corrected chi connectivity index (χ1v) is 7.93. The number of thiazole rings is 1. The molecule has 1 heterocycles. The third-order valence-electron chi connectivity index (χ3n) is 3.88. The predicted octanol–water partition coefficient (Wildman–Crippen LogP) is 4.10. The molecule has 0 aromatic carbocycles. The normalized spacial score (nSPS) is 27.5. The van der Waals surface area contributed by atoms with E-state index < -0.39 is 0 Å². The van der Waals surface area contributed by atoms with Crippen molar-refractivity contribution in [3.63, 3.8) is 0 Å². The maximum Gasteiger partial charge on any atom is 0.171 e. The van der Waals surface area contributed by atoms with Crippen LogP contribution in [-0.2, 0) is 10.3 Å².